The van der Waals surface area contributed by atoms with E-state index in [0.717, 1.165) is 6.42 Å². The van der Waals surface area contributed by atoms with Crippen LogP contribution in [0.1, 0.15) is 36.2 Å². The van der Waals surface area contributed by atoms with Crippen LogP contribution in [0.4, 0.5) is 4.39 Å². The summed E-state index contributed by atoms with van der Waals surface area (Å²) in [5.41, 5.74) is 0.533. The Morgan fingerprint density at radius 2 is 2.16 bits per heavy atom. The maximum atomic E-state index is 13.7. The van der Waals surface area contributed by atoms with Crippen molar-refractivity contribution in [3.05, 3.63) is 35.1 Å². The first-order chi connectivity index (χ1) is 8.97. The van der Waals surface area contributed by atoms with E-state index in [1.807, 2.05) is 13.8 Å². The molecule has 0 saturated carbocycles. The summed E-state index contributed by atoms with van der Waals surface area (Å²) in [5, 5.41) is 0. The summed E-state index contributed by atoms with van der Waals surface area (Å²) in [5.74, 6) is -0.0331. The normalized spacial score (nSPS) is 13.9. The molecule has 0 saturated heterocycles. The lowest BCUT2D eigenvalue weighted by Gasteiger charge is -2.09. The Balaban J connectivity index is 2.73. The molecule has 1 rings (SSSR count). The number of esters is 1. The average Bonchev–Trinajstić information content (AvgIpc) is 2.37. The van der Waals surface area contributed by atoms with Gasteiger partial charge in [0.25, 0.3) is 0 Å². The standard InChI is InChI=1S/C14H19FO3S/c1-4-10(2)8-19(17)9-11-5-6-12(13(15)7-11)14(16)18-3/h5-7,10H,4,8-9H2,1-3H3. The number of carbonyl (C=O) groups is 1. The van der Waals surface area contributed by atoms with Gasteiger partial charge in [0.2, 0.25) is 0 Å². The molecule has 0 N–H and O–H groups in total. The molecule has 0 spiro atoms. The van der Waals surface area contributed by atoms with Gasteiger partial charge in [-0.3, -0.25) is 4.21 Å². The number of rotatable bonds is 6. The van der Waals surface area contributed by atoms with Crippen LogP contribution in [0, 0.1) is 11.7 Å². The number of hydrogen-bond acceptors (Lipinski definition) is 3. The van der Waals surface area contributed by atoms with E-state index in [1.165, 1.54) is 19.2 Å². The van der Waals surface area contributed by atoms with Crippen LogP contribution in [0.3, 0.4) is 0 Å². The Labute approximate surface area is 115 Å². The van der Waals surface area contributed by atoms with Gasteiger partial charge in [0.15, 0.2) is 0 Å². The van der Waals surface area contributed by atoms with Gasteiger partial charge in [-0.15, -0.1) is 0 Å². The Bertz CT molecular complexity index is 474. The Morgan fingerprint density at radius 1 is 1.47 bits per heavy atom. The van der Waals surface area contributed by atoms with Crippen molar-refractivity contribution in [1.82, 2.24) is 0 Å². The summed E-state index contributed by atoms with van der Waals surface area (Å²) in [6, 6.07) is 4.24. The zero-order valence-electron chi connectivity index (χ0n) is 11.4. The Morgan fingerprint density at radius 3 is 2.68 bits per heavy atom. The lowest BCUT2D eigenvalue weighted by molar-refractivity contribution is 0.0595. The molecule has 2 atom stereocenters. The minimum Gasteiger partial charge on any atom is -0.465 e. The molecule has 0 aliphatic heterocycles. The van der Waals surface area contributed by atoms with Crippen molar-refractivity contribution in [1.29, 1.82) is 0 Å². The van der Waals surface area contributed by atoms with Gasteiger partial charge in [-0.05, 0) is 23.6 Å². The fourth-order valence-corrected chi connectivity index (χ4v) is 3.14. The van der Waals surface area contributed by atoms with Crippen LogP contribution < -0.4 is 0 Å². The average molecular weight is 286 g/mol. The summed E-state index contributed by atoms with van der Waals surface area (Å²) in [7, 11) is 0.194. The van der Waals surface area contributed by atoms with Crippen molar-refractivity contribution >= 4 is 16.8 Å². The number of ether oxygens (including phenoxy) is 1. The smallest absolute Gasteiger partial charge is 0.340 e. The lowest BCUT2D eigenvalue weighted by Crippen LogP contribution is -2.10. The predicted octanol–water partition coefficient (Wildman–Crippen LogP) is 2.91. The van der Waals surface area contributed by atoms with Crippen LogP contribution in [0.5, 0.6) is 0 Å². The fraction of sp³-hybridized carbons (Fsp3) is 0.500. The zero-order valence-corrected chi connectivity index (χ0v) is 12.3. The van der Waals surface area contributed by atoms with Crippen LogP contribution in [-0.2, 0) is 21.3 Å². The van der Waals surface area contributed by atoms with Gasteiger partial charge in [0, 0.05) is 22.3 Å². The molecule has 0 amide bonds. The number of carbonyl (C=O) groups excluding carboxylic acids is 1. The van der Waals surface area contributed by atoms with E-state index in [2.05, 4.69) is 4.74 Å². The van der Waals surface area contributed by atoms with Gasteiger partial charge < -0.3 is 4.74 Å². The minimum absolute atomic E-state index is 0.0982. The van der Waals surface area contributed by atoms with E-state index in [4.69, 9.17) is 0 Å². The van der Waals surface area contributed by atoms with Gasteiger partial charge in [0.05, 0.1) is 12.7 Å². The molecule has 1 aromatic rings. The summed E-state index contributed by atoms with van der Waals surface area (Å²) in [6.07, 6.45) is 0.974. The first-order valence-corrected chi connectivity index (χ1v) is 7.68. The van der Waals surface area contributed by atoms with Crippen molar-refractivity contribution in [2.24, 2.45) is 5.92 Å². The highest BCUT2D eigenvalue weighted by molar-refractivity contribution is 7.84. The third-order valence-electron chi connectivity index (χ3n) is 2.93. The fourth-order valence-electron chi connectivity index (χ4n) is 1.60. The molecule has 0 aliphatic rings. The van der Waals surface area contributed by atoms with Crippen LogP contribution in [0.25, 0.3) is 0 Å². The van der Waals surface area contributed by atoms with Crippen LogP contribution >= 0.6 is 0 Å². The van der Waals surface area contributed by atoms with Crippen LogP contribution in [0.2, 0.25) is 0 Å². The SMILES string of the molecule is CCC(C)CS(=O)Cc1ccc(C(=O)OC)c(F)c1. The molecule has 19 heavy (non-hydrogen) atoms. The van der Waals surface area contributed by atoms with Gasteiger partial charge in [-0.2, -0.15) is 0 Å². The largest absolute Gasteiger partial charge is 0.465 e. The molecule has 0 bridgehead atoms. The highest BCUT2D eigenvalue weighted by Crippen LogP contribution is 2.14. The van der Waals surface area contributed by atoms with E-state index in [9.17, 15) is 13.4 Å². The van der Waals surface area contributed by atoms with Crippen molar-refractivity contribution < 1.29 is 18.1 Å². The highest BCUT2D eigenvalue weighted by atomic mass is 32.2. The van der Waals surface area contributed by atoms with Crippen molar-refractivity contribution in [3.63, 3.8) is 0 Å². The molecule has 0 radical (unpaired) electrons. The second kappa shape index (κ2) is 7.38. The molecule has 0 aromatic heterocycles. The molecular weight excluding hydrogens is 267 g/mol. The van der Waals surface area contributed by atoms with Crippen molar-refractivity contribution in [3.8, 4) is 0 Å². The third-order valence-corrected chi connectivity index (χ3v) is 4.53. The summed E-state index contributed by atoms with van der Waals surface area (Å²) < 4.78 is 30.0. The van der Waals surface area contributed by atoms with Gasteiger partial charge >= 0.3 is 5.97 Å². The number of methoxy groups -OCH3 is 1. The monoisotopic (exact) mass is 286 g/mol. The van der Waals surface area contributed by atoms with Gasteiger partial charge in [-0.1, -0.05) is 26.3 Å². The molecule has 0 aliphatic carbocycles. The van der Waals surface area contributed by atoms with Gasteiger partial charge in [-0.25, -0.2) is 9.18 Å². The Hall–Kier alpha value is -1.23. The molecule has 3 nitrogen and oxygen atoms in total. The quantitative estimate of drug-likeness (QED) is 0.755. The molecule has 0 heterocycles. The van der Waals surface area contributed by atoms with Crippen LogP contribution in [-0.4, -0.2) is 23.0 Å². The topological polar surface area (TPSA) is 43.4 Å². The van der Waals surface area contributed by atoms with E-state index >= 15 is 0 Å². The highest BCUT2D eigenvalue weighted by Gasteiger charge is 2.13. The first kappa shape index (κ1) is 15.8. The van der Waals surface area contributed by atoms with E-state index < -0.39 is 22.6 Å². The number of benzene rings is 1. The van der Waals surface area contributed by atoms with E-state index in [-0.39, 0.29) is 5.56 Å². The van der Waals surface area contributed by atoms with Crippen LogP contribution in [0.15, 0.2) is 18.2 Å². The summed E-state index contributed by atoms with van der Waals surface area (Å²) >= 11 is 0. The molecule has 0 fully saturated rings. The summed E-state index contributed by atoms with van der Waals surface area (Å²) in [4.78, 5) is 11.2. The van der Waals surface area contributed by atoms with E-state index in [0.29, 0.717) is 23.0 Å². The van der Waals surface area contributed by atoms with E-state index in [1.54, 1.807) is 6.07 Å². The molecule has 2 unspecified atom stereocenters. The second-order valence-electron chi connectivity index (χ2n) is 4.57. The lowest BCUT2D eigenvalue weighted by atomic mass is 10.1. The maximum Gasteiger partial charge on any atom is 0.340 e. The van der Waals surface area contributed by atoms with Gasteiger partial charge in [0.1, 0.15) is 5.82 Å². The summed E-state index contributed by atoms with van der Waals surface area (Å²) in [6.45, 7) is 4.09. The molecule has 5 heteroatoms. The second-order valence-corrected chi connectivity index (χ2v) is 6.07. The zero-order chi connectivity index (χ0) is 14.4. The molecule has 106 valence electrons. The number of halogens is 1. The van der Waals surface area contributed by atoms with Crippen molar-refractivity contribution in [2.75, 3.05) is 12.9 Å². The predicted molar refractivity (Wildman–Crippen MR) is 73.9 cm³/mol. The molecule has 1 aromatic carbocycles. The third kappa shape index (κ3) is 4.74. The first-order valence-electron chi connectivity index (χ1n) is 6.19. The molecular formula is C14H19FO3S. The maximum absolute atomic E-state index is 13.7. The minimum atomic E-state index is -1.01. The Kier molecular flexibility index (Phi) is 6.15. The van der Waals surface area contributed by atoms with Crippen molar-refractivity contribution in [2.45, 2.75) is 26.0 Å². The number of hydrogen-bond donors (Lipinski definition) is 0.